The number of carbonyl (C=O) groups excluding carboxylic acids is 1. The Hall–Kier alpha value is -1.36. The maximum Gasteiger partial charge on any atom is 0.224 e. The largest absolute Gasteiger partial charge is 0.354 e. The lowest BCUT2D eigenvalue weighted by atomic mass is 10.0. The second-order valence-electron chi connectivity index (χ2n) is 5.28. The molecule has 1 aliphatic rings. The third-order valence-electron chi connectivity index (χ3n) is 3.81. The van der Waals surface area contributed by atoms with Gasteiger partial charge in [-0.3, -0.25) is 14.4 Å². The normalized spacial score (nSPS) is 20.4. The van der Waals surface area contributed by atoms with Crippen molar-refractivity contribution in [3.8, 4) is 0 Å². The van der Waals surface area contributed by atoms with Gasteiger partial charge in [-0.1, -0.05) is 13.3 Å². The number of aryl methyl sites for hydroxylation is 1. The van der Waals surface area contributed by atoms with Crippen molar-refractivity contribution in [2.24, 2.45) is 7.05 Å². The van der Waals surface area contributed by atoms with Gasteiger partial charge >= 0.3 is 0 Å². The molecule has 1 unspecified atom stereocenters. The molecular weight excluding hydrogens is 240 g/mol. The zero-order valence-electron chi connectivity index (χ0n) is 11.9. The van der Waals surface area contributed by atoms with Crippen molar-refractivity contribution in [2.45, 2.75) is 38.6 Å². The summed E-state index contributed by atoms with van der Waals surface area (Å²) in [6, 6.07) is 0.511. The predicted octanol–water partition coefficient (Wildman–Crippen LogP) is 0.953. The molecular formula is C14H24N4O. The number of amides is 1. The number of likely N-dealkylation sites (N-methyl/N-ethyl adjacent to an activating group) is 1. The number of aromatic nitrogens is 2. The lowest BCUT2D eigenvalue weighted by Gasteiger charge is -2.34. The highest BCUT2D eigenvalue weighted by atomic mass is 16.1. The summed E-state index contributed by atoms with van der Waals surface area (Å²) < 4.78 is 1.72. The van der Waals surface area contributed by atoms with Crippen LogP contribution in [-0.4, -0.2) is 46.3 Å². The smallest absolute Gasteiger partial charge is 0.224 e. The van der Waals surface area contributed by atoms with Gasteiger partial charge in [0, 0.05) is 25.8 Å². The molecule has 0 spiro atoms. The predicted molar refractivity (Wildman–Crippen MR) is 74.8 cm³/mol. The summed E-state index contributed by atoms with van der Waals surface area (Å²) >= 11 is 0. The SMILES string of the molecule is CCN1CCCCC1CNC(=O)Cc1cnn(C)c1. The Bertz CT molecular complexity index is 415. The molecule has 1 aliphatic heterocycles. The van der Waals surface area contributed by atoms with Crippen LogP contribution in [0.5, 0.6) is 0 Å². The average molecular weight is 264 g/mol. The van der Waals surface area contributed by atoms with Crippen LogP contribution in [-0.2, 0) is 18.3 Å². The standard InChI is InChI=1S/C14H24N4O/c1-3-18-7-5-4-6-13(18)10-15-14(19)8-12-9-16-17(2)11-12/h9,11,13H,3-8,10H2,1-2H3,(H,15,19). The number of nitrogens with zero attached hydrogens (tertiary/aromatic N) is 3. The zero-order valence-corrected chi connectivity index (χ0v) is 11.9. The monoisotopic (exact) mass is 264 g/mol. The molecule has 2 rings (SSSR count). The lowest BCUT2D eigenvalue weighted by molar-refractivity contribution is -0.120. The molecule has 1 fully saturated rings. The molecule has 19 heavy (non-hydrogen) atoms. The van der Waals surface area contributed by atoms with Crippen molar-refractivity contribution in [2.75, 3.05) is 19.6 Å². The van der Waals surface area contributed by atoms with Crippen LogP contribution in [0.2, 0.25) is 0 Å². The van der Waals surface area contributed by atoms with E-state index in [1.54, 1.807) is 10.9 Å². The second-order valence-corrected chi connectivity index (χ2v) is 5.28. The highest BCUT2D eigenvalue weighted by molar-refractivity contribution is 5.78. The number of likely N-dealkylation sites (tertiary alicyclic amines) is 1. The summed E-state index contributed by atoms with van der Waals surface area (Å²) in [5, 5.41) is 7.13. The fraction of sp³-hybridized carbons (Fsp3) is 0.714. The van der Waals surface area contributed by atoms with Crippen LogP contribution < -0.4 is 5.32 Å². The molecule has 5 nitrogen and oxygen atoms in total. The maximum atomic E-state index is 11.9. The first-order valence-electron chi connectivity index (χ1n) is 7.17. The number of hydrogen-bond acceptors (Lipinski definition) is 3. The maximum absolute atomic E-state index is 11.9. The molecule has 1 N–H and O–H groups in total. The Labute approximate surface area is 115 Å². The molecule has 0 radical (unpaired) electrons. The molecule has 0 saturated carbocycles. The van der Waals surface area contributed by atoms with E-state index in [1.165, 1.54) is 25.8 Å². The molecule has 0 aromatic carbocycles. The van der Waals surface area contributed by atoms with Crippen molar-refractivity contribution >= 4 is 5.91 Å². The average Bonchev–Trinajstić information content (AvgIpc) is 2.82. The Morgan fingerprint density at radius 3 is 3.05 bits per heavy atom. The second kappa shape index (κ2) is 6.70. The summed E-state index contributed by atoms with van der Waals surface area (Å²) in [4.78, 5) is 14.4. The van der Waals surface area contributed by atoms with E-state index in [1.807, 2.05) is 13.2 Å². The summed E-state index contributed by atoms with van der Waals surface area (Å²) in [6.45, 7) is 5.20. The molecule has 2 heterocycles. The van der Waals surface area contributed by atoms with Crippen molar-refractivity contribution in [1.29, 1.82) is 0 Å². The van der Waals surface area contributed by atoms with Gasteiger partial charge in [0.05, 0.1) is 12.6 Å². The molecule has 1 saturated heterocycles. The molecule has 5 heteroatoms. The minimum Gasteiger partial charge on any atom is -0.354 e. The van der Waals surface area contributed by atoms with Crippen LogP contribution >= 0.6 is 0 Å². The van der Waals surface area contributed by atoms with Crippen LogP contribution in [0.25, 0.3) is 0 Å². The summed E-state index contributed by atoms with van der Waals surface area (Å²) in [5.74, 6) is 0.0922. The zero-order chi connectivity index (χ0) is 13.7. The topological polar surface area (TPSA) is 50.2 Å². The summed E-state index contributed by atoms with van der Waals surface area (Å²) in [5.41, 5.74) is 0.969. The molecule has 0 aliphatic carbocycles. The first kappa shape index (κ1) is 14.1. The van der Waals surface area contributed by atoms with E-state index in [2.05, 4.69) is 22.2 Å². The highest BCUT2D eigenvalue weighted by Gasteiger charge is 2.21. The quantitative estimate of drug-likeness (QED) is 0.861. The van der Waals surface area contributed by atoms with Gasteiger partial charge in [0.2, 0.25) is 5.91 Å². The Kier molecular flexibility index (Phi) is 4.96. The molecule has 106 valence electrons. The van der Waals surface area contributed by atoms with Gasteiger partial charge in [0.25, 0.3) is 0 Å². The first-order valence-corrected chi connectivity index (χ1v) is 7.17. The van der Waals surface area contributed by atoms with Crippen LogP contribution in [0.3, 0.4) is 0 Å². The van der Waals surface area contributed by atoms with Crippen molar-refractivity contribution in [3.05, 3.63) is 18.0 Å². The van der Waals surface area contributed by atoms with E-state index in [4.69, 9.17) is 0 Å². The third-order valence-corrected chi connectivity index (χ3v) is 3.81. The number of carbonyl (C=O) groups is 1. The van der Waals surface area contributed by atoms with E-state index in [-0.39, 0.29) is 5.91 Å². The van der Waals surface area contributed by atoms with E-state index < -0.39 is 0 Å². The highest BCUT2D eigenvalue weighted by Crippen LogP contribution is 2.15. The van der Waals surface area contributed by atoms with Gasteiger partial charge in [0.15, 0.2) is 0 Å². The van der Waals surface area contributed by atoms with Gasteiger partial charge in [-0.2, -0.15) is 5.10 Å². The third kappa shape index (κ3) is 4.06. The van der Waals surface area contributed by atoms with Crippen LogP contribution in [0.15, 0.2) is 12.4 Å². The Balaban J connectivity index is 1.76. The first-order chi connectivity index (χ1) is 9.19. The molecule has 0 bridgehead atoms. The lowest BCUT2D eigenvalue weighted by Crippen LogP contribution is -2.46. The van der Waals surface area contributed by atoms with Crippen LogP contribution in [0.4, 0.5) is 0 Å². The fourth-order valence-corrected chi connectivity index (χ4v) is 2.75. The Morgan fingerprint density at radius 2 is 2.37 bits per heavy atom. The molecule has 1 aromatic rings. The van der Waals surface area contributed by atoms with Crippen LogP contribution in [0.1, 0.15) is 31.7 Å². The summed E-state index contributed by atoms with van der Waals surface area (Å²) in [7, 11) is 1.86. The number of hydrogen-bond donors (Lipinski definition) is 1. The number of nitrogens with one attached hydrogen (secondary N) is 1. The van der Waals surface area contributed by atoms with Crippen molar-refractivity contribution < 1.29 is 4.79 Å². The van der Waals surface area contributed by atoms with E-state index in [0.717, 1.165) is 18.7 Å². The minimum absolute atomic E-state index is 0.0922. The van der Waals surface area contributed by atoms with E-state index in [9.17, 15) is 4.79 Å². The number of piperidine rings is 1. The van der Waals surface area contributed by atoms with Gasteiger partial charge in [-0.15, -0.1) is 0 Å². The number of rotatable bonds is 5. The van der Waals surface area contributed by atoms with Crippen LogP contribution in [0, 0.1) is 0 Å². The van der Waals surface area contributed by atoms with Crippen molar-refractivity contribution in [1.82, 2.24) is 20.0 Å². The van der Waals surface area contributed by atoms with E-state index in [0.29, 0.717) is 12.5 Å². The van der Waals surface area contributed by atoms with Gasteiger partial charge in [-0.25, -0.2) is 0 Å². The molecule has 1 atom stereocenters. The van der Waals surface area contributed by atoms with Crippen molar-refractivity contribution in [3.63, 3.8) is 0 Å². The molecule has 1 aromatic heterocycles. The fourth-order valence-electron chi connectivity index (χ4n) is 2.75. The van der Waals surface area contributed by atoms with Gasteiger partial charge in [0.1, 0.15) is 0 Å². The summed E-state index contributed by atoms with van der Waals surface area (Å²) in [6.07, 6.45) is 7.82. The van der Waals surface area contributed by atoms with E-state index >= 15 is 0 Å². The van der Waals surface area contributed by atoms with Gasteiger partial charge < -0.3 is 5.32 Å². The Morgan fingerprint density at radius 1 is 1.53 bits per heavy atom. The van der Waals surface area contributed by atoms with Gasteiger partial charge in [-0.05, 0) is 31.5 Å². The molecule has 1 amide bonds. The minimum atomic E-state index is 0.0922.